The van der Waals surface area contributed by atoms with Crippen LogP contribution in [0.1, 0.15) is 44.9 Å². The Morgan fingerprint density at radius 3 is 1.81 bits per heavy atom. The van der Waals surface area contributed by atoms with E-state index in [0.29, 0.717) is 33.8 Å². The molecule has 5 aromatic rings. The second-order valence-electron chi connectivity index (χ2n) is 11.4. The Hall–Kier alpha value is -3.12. The SMILES string of the molecule is C.C[C@@]1(O)[C@H](O)[C@@H](CO)O[C@H]1c1cc(-c2nccs2)c2c(N)ncnn12.C[C@@]1(O)[C@H](O)[C@@H](CO)O[C@H]1c1cc(I)c2c(N)ncnn12. The molecule has 0 radical (unpaired) electrons. The predicted octanol–water partition coefficient (Wildman–Crippen LogP) is 0.0754. The molecule has 8 atom stereocenters. The fraction of sp³-hybridized carbons (Fsp3) is 0.464. The molecule has 0 amide bonds. The van der Waals surface area contributed by atoms with Crippen molar-refractivity contribution in [2.45, 2.75) is 69.1 Å². The molecule has 0 spiro atoms. The molecule has 5 aromatic heterocycles. The molecule has 2 aliphatic heterocycles. The highest BCUT2D eigenvalue weighted by Gasteiger charge is 2.54. The van der Waals surface area contributed by atoms with Crippen LogP contribution >= 0.6 is 33.9 Å². The van der Waals surface area contributed by atoms with Gasteiger partial charge in [0.25, 0.3) is 0 Å². The molecule has 0 bridgehead atoms. The number of aliphatic hydroxyl groups excluding tert-OH is 4. The third kappa shape index (κ3) is 5.72. The van der Waals surface area contributed by atoms with Crippen molar-refractivity contribution in [3.63, 3.8) is 0 Å². The molecule has 19 heteroatoms. The van der Waals surface area contributed by atoms with Gasteiger partial charge in [0.15, 0.2) is 11.6 Å². The van der Waals surface area contributed by atoms with E-state index in [0.717, 1.165) is 8.58 Å². The lowest BCUT2D eigenvalue weighted by molar-refractivity contribution is -0.0665. The number of halogens is 1. The molecule has 7 rings (SSSR count). The van der Waals surface area contributed by atoms with Crippen LogP contribution in [-0.2, 0) is 9.47 Å². The zero-order valence-corrected chi connectivity index (χ0v) is 27.4. The van der Waals surface area contributed by atoms with Crippen molar-refractivity contribution < 1.29 is 40.1 Å². The van der Waals surface area contributed by atoms with Gasteiger partial charge in [-0.1, -0.05) is 7.43 Å². The summed E-state index contributed by atoms with van der Waals surface area (Å²) < 4.78 is 15.2. The predicted molar refractivity (Wildman–Crippen MR) is 178 cm³/mol. The first-order valence-electron chi connectivity index (χ1n) is 14.0. The lowest BCUT2D eigenvalue weighted by atomic mass is 9.91. The average Bonchev–Trinajstić information content (AvgIpc) is 3.82. The number of fused-ring (bicyclic) bond motifs is 2. The van der Waals surface area contributed by atoms with E-state index >= 15 is 0 Å². The zero-order valence-electron chi connectivity index (χ0n) is 24.4. The maximum atomic E-state index is 10.8. The van der Waals surface area contributed by atoms with Crippen LogP contribution in [0.2, 0.25) is 0 Å². The Labute approximate surface area is 285 Å². The van der Waals surface area contributed by atoms with Crippen LogP contribution in [0.5, 0.6) is 0 Å². The molecule has 7 heterocycles. The van der Waals surface area contributed by atoms with Gasteiger partial charge in [-0.15, -0.1) is 11.3 Å². The van der Waals surface area contributed by atoms with E-state index in [1.54, 1.807) is 18.3 Å². The molecule has 17 nitrogen and oxygen atoms in total. The van der Waals surface area contributed by atoms with Gasteiger partial charge in [-0.25, -0.2) is 24.0 Å². The highest BCUT2D eigenvalue weighted by molar-refractivity contribution is 14.1. The molecule has 0 aliphatic carbocycles. The molecule has 2 fully saturated rings. The maximum Gasteiger partial charge on any atom is 0.152 e. The summed E-state index contributed by atoms with van der Waals surface area (Å²) in [5.41, 5.74) is 11.6. The van der Waals surface area contributed by atoms with Crippen LogP contribution in [0.15, 0.2) is 36.4 Å². The number of nitrogens with zero attached hydrogens (tertiary/aromatic N) is 7. The summed E-state index contributed by atoms with van der Waals surface area (Å²) >= 11 is 3.53. The third-order valence-corrected chi connectivity index (χ3v) is 9.95. The van der Waals surface area contributed by atoms with Crippen LogP contribution in [0.3, 0.4) is 0 Å². The van der Waals surface area contributed by atoms with Crippen molar-refractivity contribution in [2.24, 2.45) is 0 Å². The fourth-order valence-electron chi connectivity index (χ4n) is 5.89. The minimum Gasteiger partial charge on any atom is -0.394 e. The Kier molecular flexibility index (Phi) is 9.78. The van der Waals surface area contributed by atoms with Gasteiger partial charge in [0.05, 0.1) is 24.6 Å². The number of ether oxygens (including phenoxy) is 2. The summed E-state index contributed by atoms with van der Waals surface area (Å²) in [6, 6.07) is 3.54. The van der Waals surface area contributed by atoms with Crippen molar-refractivity contribution in [3.05, 3.63) is 51.3 Å². The fourth-order valence-corrected chi connectivity index (χ4v) is 7.37. The first kappa shape index (κ1) is 35.2. The monoisotopic (exact) mass is 785 g/mol. The second-order valence-corrected chi connectivity index (χ2v) is 13.4. The molecular weight excluding hydrogens is 749 g/mol. The van der Waals surface area contributed by atoms with Gasteiger partial charge in [0, 0.05) is 20.7 Å². The normalized spacial score (nSPS) is 30.4. The first-order chi connectivity index (χ1) is 21.8. The molecular formula is C28H36IN9O8S. The average molecular weight is 786 g/mol. The minimum atomic E-state index is -1.61. The van der Waals surface area contributed by atoms with Gasteiger partial charge in [0.2, 0.25) is 0 Å². The topological polar surface area (TPSA) is 265 Å². The smallest absolute Gasteiger partial charge is 0.152 e. The summed E-state index contributed by atoms with van der Waals surface area (Å²) in [6.07, 6.45) is -1.64. The van der Waals surface area contributed by atoms with Crippen molar-refractivity contribution >= 4 is 56.6 Å². The quantitative estimate of drug-likeness (QED) is 0.110. The summed E-state index contributed by atoms with van der Waals surface area (Å²) in [5.74, 6) is 0.584. The number of nitrogen functional groups attached to an aromatic ring is 2. The second kappa shape index (κ2) is 13.1. The maximum absolute atomic E-state index is 10.8. The van der Waals surface area contributed by atoms with Gasteiger partial charge < -0.3 is 51.6 Å². The Balaban J connectivity index is 0.000000183. The van der Waals surface area contributed by atoms with Crippen LogP contribution in [-0.4, -0.2) is 114 Å². The minimum absolute atomic E-state index is 0. The first-order valence-corrected chi connectivity index (χ1v) is 15.9. The van der Waals surface area contributed by atoms with Gasteiger partial charge >= 0.3 is 0 Å². The van der Waals surface area contributed by atoms with E-state index in [4.69, 9.17) is 20.9 Å². The molecule has 10 N–H and O–H groups in total. The number of rotatable bonds is 5. The Morgan fingerprint density at radius 1 is 0.851 bits per heavy atom. The summed E-state index contributed by atoms with van der Waals surface area (Å²) in [4.78, 5) is 12.3. The Morgan fingerprint density at radius 2 is 1.34 bits per heavy atom. The summed E-state index contributed by atoms with van der Waals surface area (Å²) in [7, 11) is 0. The highest BCUT2D eigenvalue weighted by Crippen LogP contribution is 2.45. The van der Waals surface area contributed by atoms with Crippen LogP contribution in [0.25, 0.3) is 21.6 Å². The number of anilines is 2. The largest absolute Gasteiger partial charge is 0.394 e. The number of thiazole rings is 1. The van der Waals surface area contributed by atoms with Gasteiger partial charge in [-0.3, -0.25) is 0 Å². The number of hydrogen-bond donors (Lipinski definition) is 8. The van der Waals surface area contributed by atoms with Crippen molar-refractivity contribution in [1.29, 1.82) is 0 Å². The van der Waals surface area contributed by atoms with E-state index in [2.05, 4.69) is 47.7 Å². The molecule has 254 valence electrons. The van der Waals surface area contributed by atoms with Gasteiger partial charge in [-0.2, -0.15) is 10.2 Å². The van der Waals surface area contributed by atoms with Crippen LogP contribution < -0.4 is 11.5 Å². The Bertz CT molecular complexity index is 1870. The van der Waals surface area contributed by atoms with E-state index in [9.17, 15) is 30.6 Å². The summed E-state index contributed by atoms with van der Waals surface area (Å²) in [6.45, 7) is 2.14. The van der Waals surface area contributed by atoms with E-state index < -0.39 is 54.4 Å². The van der Waals surface area contributed by atoms with Crippen LogP contribution in [0.4, 0.5) is 11.6 Å². The number of aromatic nitrogens is 7. The van der Waals surface area contributed by atoms with E-state index in [1.807, 2.05) is 5.38 Å². The van der Waals surface area contributed by atoms with E-state index in [1.165, 1.54) is 46.9 Å². The lowest BCUT2D eigenvalue weighted by Gasteiger charge is -2.26. The summed E-state index contributed by atoms with van der Waals surface area (Å²) in [5, 5.41) is 71.2. The van der Waals surface area contributed by atoms with E-state index in [-0.39, 0.29) is 19.9 Å². The molecule has 0 aromatic carbocycles. The highest BCUT2D eigenvalue weighted by atomic mass is 127. The van der Waals surface area contributed by atoms with Gasteiger partial charge in [0.1, 0.15) is 76.5 Å². The number of hydrogen-bond acceptors (Lipinski definition) is 16. The van der Waals surface area contributed by atoms with Crippen LogP contribution in [0, 0.1) is 3.57 Å². The van der Waals surface area contributed by atoms with Crippen molar-refractivity contribution in [1.82, 2.24) is 34.2 Å². The molecule has 0 saturated carbocycles. The number of nitrogens with two attached hydrogens (primary N) is 2. The van der Waals surface area contributed by atoms with Crippen molar-refractivity contribution in [3.8, 4) is 10.6 Å². The standard InChI is InChI=1S/C15H17N5O4S.C12H15IN4O4.CH4/c1-15(23)11(22)9(5-21)24-12(15)8-4-7(14-17-2-3-25-14)10-13(16)18-6-19-20(8)10;1-12(20)9(19)7(3-18)21-10(12)6-2-5(13)8-11(14)15-4-16-17(6)8;/h2-4,6,9,11-12,21-23H,5H2,1H3,(H2,16,18,19);2,4,7,9-10,18-20H,3H2,1H3,(H2,14,15,16);1H4/t9-,11-,12+,15-;7-,9-,10+,12-;/m11./s1. The zero-order chi connectivity index (χ0) is 33.1. The molecule has 2 saturated heterocycles. The lowest BCUT2D eigenvalue weighted by Crippen LogP contribution is -2.43. The van der Waals surface area contributed by atoms with Gasteiger partial charge in [-0.05, 0) is 48.6 Å². The third-order valence-electron chi connectivity index (χ3n) is 8.32. The number of aliphatic hydroxyl groups is 6. The molecule has 2 aliphatic rings. The molecule has 0 unspecified atom stereocenters. The van der Waals surface area contributed by atoms with Crippen molar-refractivity contribution in [2.75, 3.05) is 24.7 Å². The molecule has 47 heavy (non-hydrogen) atoms.